The molecule has 0 saturated heterocycles. The van der Waals surface area contributed by atoms with Gasteiger partial charge in [0.1, 0.15) is 0 Å². The smallest absolute Gasteiger partial charge is 0.338 e. The number of esters is 1. The minimum atomic E-state index is -0.422. The fourth-order valence-electron chi connectivity index (χ4n) is 2.11. The minimum Gasteiger partial charge on any atom is -0.462 e. The van der Waals surface area contributed by atoms with E-state index in [1.807, 2.05) is 0 Å². The molecule has 0 unspecified atom stereocenters. The van der Waals surface area contributed by atoms with Crippen molar-refractivity contribution in [3.05, 3.63) is 59.1 Å². The number of rotatable bonds is 4. The molecule has 23 heavy (non-hydrogen) atoms. The number of nitrogens with zero attached hydrogens (tertiary/aromatic N) is 2. The van der Waals surface area contributed by atoms with Crippen LogP contribution in [0.1, 0.15) is 17.3 Å². The first kappa shape index (κ1) is 15.2. The van der Waals surface area contributed by atoms with Gasteiger partial charge in [-0.1, -0.05) is 28.9 Å². The van der Waals surface area contributed by atoms with Gasteiger partial charge >= 0.3 is 5.97 Å². The highest BCUT2D eigenvalue weighted by molar-refractivity contribution is 6.30. The summed E-state index contributed by atoms with van der Waals surface area (Å²) in [5.74, 6) is 0.267. The average molecular weight is 329 g/mol. The Labute approximate surface area is 137 Å². The largest absolute Gasteiger partial charge is 0.462 e. The van der Waals surface area contributed by atoms with Crippen LogP contribution >= 0.6 is 11.6 Å². The van der Waals surface area contributed by atoms with Gasteiger partial charge in [0, 0.05) is 10.6 Å². The number of halogens is 1. The van der Waals surface area contributed by atoms with E-state index in [-0.39, 0.29) is 5.89 Å². The van der Waals surface area contributed by atoms with Crippen molar-refractivity contribution in [2.75, 3.05) is 6.61 Å². The van der Waals surface area contributed by atoms with Gasteiger partial charge in [-0.05, 0) is 43.3 Å². The normalized spacial score (nSPS) is 10.5. The lowest BCUT2D eigenvalue weighted by Gasteiger charge is -2.04. The fourth-order valence-corrected chi connectivity index (χ4v) is 2.23. The highest BCUT2D eigenvalue weighted by Crippen LogP contribution is 2.26. The Hall–Kier alpha value is -2.66. The zero-order chi connectivity index (χ0) is 16.2. The first-order valence-electron chi connectivity index (χ1n) is 7.05. The number of hydrogen-bond acceptors (Lipinski definition) is 5. The van der Waals surface area contributed by atoms with E-state index >= 15 is 0 Å². The van der Waals surface area contributed by atoms with Crippen molar-refractivity contribution in [2.24, 2.45) is 0 Å². The molecule has 0 radical (unpaired) electrons. The second-order valence-corrected chi connectivity index (χ2v) is 5.13. The monoisotopic (exact) mass is 328 g/mol. The molecule has 1 heterocycles. The van der Waals surface area contributed by atoms with E-state index in [4.69, 9.17) is 20.9 Å². The maximum Gasteiger partial charge on any atom is 0.338 e. The quantitative estimate of drug-likeness (QED) is 0.670. The number of aromatic nitrogens is 2. The molecule has 0 aliphatic heterocycles. The molecule has 5 nitrogen and oxygen atoms in total. The van der Waals surface area contributed by atoms with Crippen LogP contribution < -0.4 is 0 Å². The topological polar surface area (TPSA) is 65.2 Å². The van der Waals surface area contributed by atoms with E-state index in [0.717, 1.165) is 5.56 Å². The summed E-state index contributed by atoms with van der Waals surface area (Å²) in [4.78, 5) is 16.4. The third-order valence-electron chi connectivity index (χ3n) is 3.18. The number of ether oxygens (including phenoxy) is 1. The van der Waals surface area contributed by atoms with E-state index in [2.05, 4.69) is 10.1 Å². The Kier molecular flexibility index (Phi) is 4.39. The number of carbonyl (C=O) groups is 1. The maximum absolute atomic E-state index is 12.0. The predicted molar refractivity (Wildman–Crippen MR) is 86.1 cm³/mol. The zero-order valence-corrected chi connectivity index (χ0v) is 13.1. The molecular formula is C17H13ClN2O3. The Morgan fingerprint density at radius 2 is 1.91 bits per heavy atom. The Bertz CT molecular complexity index is 828. The lowest BCUT2D eigenvalue weighted by atomic mass is 10.1. The summed E-state index contributed by atoms with van der Waals surface area (Å²) in [7, 11) is 0. The summed E-state index contributed by atoms with van der Waals surface area (Å²) in [6.45, 7) is 2.05. The van der Waals surface area contributed by atoms with E-state index in [1.165, 1.54) is 0 Å². The summed E-state index contributed by atoms with van der Waals surface area (Å²) in [5.41, 5.74) is 1.71. The molecule has 0 aliphatic rings. The molecule has 1 aromatic heterocycles. The highest BCUT2D eigenvalue weighted by Gasteiger charge is 2.18. The van der Waals surface area contributed by atoms with Gasteiger partial charge in [0.25, 0.3) is 5.89 Å². The molecule has 116 valence electrons. The lowest BCUT2D eigenvalue weighted by molar-refractivity contribution is 0.0527. The van der Waals surface area contributed by atoms with Crippen molar-refractivity contribution in [1.29, 1.82) is 0 Å². The average Bonchev–Trinajstić information content (AvgIpc) is 3.05. The van der Waals surface area contributed by atoms with E-state index in [9.17, 15) is 4.79 Å². The third kappa shape index (κ3) is 3.24. The molecule has 3 aromatic rings. The van der Waals surface area contributed by atoms with Gasteiger partial charge in [-0.15, -0.1) is 0 Å². The van der Waals surface area contributed by atoms with Crippen LogP contribution in [0.25, 0.3) is 22.8 Å². The van der Waals surface area contributed by atoms with Gasteiger partial charge in [0.15, 0.2) is 0 Å². The molecule has 6 heteroatoms. The van der Waals surface area contributed by atoms with Crippen LogP contribution in [0, 0.1) is 0 Å². The SMILES string of the molecule is CCOC(=O)c1ccccc1-c1nc(-c2ccc(Cl)cc2)no1. The Morgan fingerprint density at radius 3 is 2.65 bits per heavy atom. The first-order valence-corrected chi connectivity index (χ1v) is 7.43. The van der Waals surface area contributed by atoms with Gasteiger partial charge in [-0.25, -0.2) is 4.79 Å². The van der Waals surface area contributed by atoms with E-state index in [1.54, 1.807) is 55.5 Å². The molecule has 0 spiro atoms. The van der Waals surface area contributed by atoms with Crippen molar-refractivity contribution in [2.45, 2.75) is 6.92 Å². The number of benzene rings is 2. The molecule has 0 atom stereocenters. The molecule has 0 N–H and O–H groups in total. The standard InChI is InChI=1S/C17H13ClN2O3/c1-2-22-17(21)14-6-4-3-5-13(14)16-19-15(20-23-16)11-7-9-12(18)10-8-11/h3-10H,2H2,1H3. The van der Waals surface area contributed by atoms with Gasteiger partial charge < -0.3 is 9.26 Å². The third-order valence-corrected chi connectivity index (χ3v) is 3.43. The molecule has 0 amide bonds. The molecule has 0 saturated carbocycles. The van der Waals surface area contributed by atoms with Crippen LogP contribution in [0.5, 0.6) is 0 Å². The highest BCUT2D eigenvalue weighted by atomic mass is 35.5. The summed E-state index contributed by atoms with van der Waals surface area (Å²) >= 11 is 5.87. The second kappa shape index (κ2) is 6.62. The molecule has 0 fully saturated rings. The Balaban J connectivity index is 1.98. The van der Waals surface area contributed by atoms with Crippen LogP contribution in [0.3, 0.4) is 0 Å². The Morgan fingerprint density at radius 1 is 1.17 bits per heavy atom. The molecular weight excluding hydrogens is 316 g/mol. The second-order valence-electron chi connectivity index (χ2n) is 4.70. The van der Waals surface area contributed by atoms with Gasteiger partial charge in [-0.3, -0.25) is 0 Å². The van der Waals surface area contributed by atoms with Gasteiger partial charge in [0.05, 0.1) is 17.7 Å². The first-order chi connectivity index (χ1) is 11.2. The van der Waals surface area contributed by atoms with Crippen molar-refractivity contribution in [3.63, 3.8) is 0 Å². The van der Waals surface area contributed by atoms with Gasteiger partial charge in [0.2, 0.25) is 5.82 Å². The van der Waals surface area contributed by atoms with Crippen molar-refractivity contribution in [3.8, 4) is 22.8 Å². The predicted octanol–water partition coefficient (Wildman–Crippen LogP) is 4.23. The van der Waals surface area contributed by atoms with E-state index < -0.39 is 5.97 Å². The molecule has 0 aliphatic carbocycles. The summed E-state index contributed by atoms with van der Waals surface area (Å²) in [6.07, 6.45) is 0. The molecule has 2 aromatic carbocycles. The van der Waals surface area contributed by atoms with Crippen LogP contribution in [0.4, 0.5) is 0 Å². The summed E-state index contributed by atoms with van der Waals surface area (Å²) in [5, 5.41) is 4.59. The van der Waals surface area contributed by atoms with Crippen molar-refractivity contribution < 1.29 is 14.1 Å². The fraction of sp³-hybridized carbons (Fsp3) is 0.118. The van der Waals surface area contributed by atoms with Crippen molar-refractivity contribution >= 4 is 17.6 Å². The van der Waals surface area contributed by atoms with Crippen LogP contribution in [-0.2, 0) is 4.74 Å². The number of hydrogen-bond donors (Lipinski definition) is 0. The minimum absolute atomic E-state index is 0.263. The van der Waals surface area contributed by atoms with Gasteiger partial charge in [-0.2, -0.15) is 4.98 Å². The van der Waals surface area contributed by atoms with Crippen LogP contribution in [0.2, 0.25) is 5.02 Å². The zero-order valence-electron chi connectivity index (χ0n) is 12.3. The maximum atomic E-state index is 12.0. The van der Waals surface area contributed by atoms with Crippen molar-refractivity contribution in [1.82, 2.24) is 10.1 Å². The summed E-state index contributed by atoms with van der Waals surface area (Å²) < 4.78 is 10.4. The lowest BCUT2D eigenvalue weighted by Crippen LogP contribution is -2.06. The van der Waals surface area contributed by atoms with E-state index in [0.29, 0.717) is 28.6 Å². The molecule has 3 rings (SSSR count). The molecule has 0 bridgehead atoms. The number of carbonyl (C=O) groups excluding carboxylic acids is 1. The van der Waals surface area contributed by atoms with Crippen LogP contribution in [0.15, 0.2) is 53.1 Å². The van der Waals surface area contributed by atoms with Crippen LogP contribution in [-0.4, -0.2) is 22.7 Å². The summed E-state index contributed by atoms with van der Waals surface area (Å²) in [6, 6.07) is 14.1.